The molecule has 1 aliphatic carbocycles. The maximum absolute atomic E-state index is 13.4. The van der Waals surface area contributed by atoms with Crippen molar-refractivity contribution >= 4 is 39.0 Å². The lowest BCUT2D eigenvalue weighted by Gasteiger charge is -2.32. The maximum atomic E-state index is 13.4. The number of nitrogens with zero attached hydrogens (tertiary/aromatic N) is 2. The first-order chi connectivity index (χ1) is 15.8. The van der Waals surface area contributed by atoms with Crippen molar-refractivity contribution in [3.05, 3.63) is 47.3 Å². The third kappa shape index (κ3) is 5.21. The summed E-state index contributed by atoms with van der Waals surface area (Å²) in [4.78, 5) is 27.8. The number of nitrogens with one attached hydrogen (secondary N) is 2. The quantitative estimate of drug-likeness (QED) is 0.592. The van der Waals surface area contributed by atoms with E-state index in [0.29, 0.717) is 5.69 Å². The SMILES string of the molecule is Cc1ccc(NC(=O)N2CCN(S(=O)(=O)c3cccs3)C2C(=O)NC2CCC(N)CC2)cc1. The van der Waals surface area contributed by atoms with Gasteiger partial charge in [-0.2, -0.15) is 4.31 Å². The zero-order chi connectivity index (χ0) is 23.6. The molecular formula is C22H29N5O4S2. The Hall–Kier alpha value is -2.47. The fourth-order valence-corrected chi connectivity index (χ4v) is 6.90. The van der Waals surface area contributed by atoms with Crippen LogP contribution >= 0.6 is 11.3 Å². The Bertz CT molecular complexity index is 1080. The molecule has 2 heterocycles. The van der Waals surface area contributed by atoms with Gasteiger partial charge in [0.05, 0.1) is 0 Å². The molecule has 3 amide bonds. The van der Waals surface area contributed by atoms with Crippen molar-refractivity contribution in [2.24, 2.45) is 5.73 Å². The maximum Gasteiger partial charge on any atom is 0.323 e. The Morgan fingerprint density at radius 2 is 1.76 bits per heavy atom. The number of anilines is 1. The van der Waals surface area contributed by atoms with Gasteiger partial charge >= 0.3 is 6.03 Å². The van der Waals surface area contributed by atoms with Crippen molar-refractivity contribution in [1.82, 2.24) is 14.5 Å². The van der Waals surface area contributed by atoms with Crippen LogP contribution in [0.2, 0.25) is 0 Å². The number of benzene rings is 1. The summed E-state index contributed by atoms with van der Waals surface area (Å²) in [5, 5.41) is 7.42. The Morgan fingerprint density at radius 1 is 1.06 bits per heavy atom. The molecule has 2 aliphatic rings. The van der Waals surface area contributed by atoms with Crippen LogP contribution in [0.15, 0.2) is 46.0 Å². The number of carbonyl (C=O) groups is 2. The molecule has 33 heavy (non-hydrogen) atoms. The minimum absolute atomic E-state index is 0.0369. The number of sulfonamides is 1. The number of urea groups is 1. The van der Waals surface area contributed by atoms with Crippen LogP contribution in [0.5, 0.6) is 0 Å². The van der Waals surface area contributed by atoms with Gasteiger partial charge in [-0.15, -0.1) is 11.3 Å². The molecule has 178 valence electrons. The van der Waals surface area contributed by atoms with Crippen LogP contribution in [-0.4, -0.2) is 60.9 Å². The molecule has 1 aromatic heterocycles. The summed E-state index contributed by atoms with van der Waals surface area (Å²) >= 11 is 1.09. The highest BCUT2D eigenvalue weighted by molar-refractivity contribution is 7.91. The molecule has 9 nitrogen and oxygen atoms in total. The Morgan fingerprint density at radius 3 is 2.39 bits per heavy atom. The molecule has 1 aliphatic heterocycles. The second-order valence-corrected chi connectivity index (χ2v) is 11.6. The number of rotatable bonds is 5. The van der Waals surface area contributed by atoms with E-state index in [1.54, 1.807) is 23.6 Å². The number of carbonyl (C=O) groups excluding carboxylic acids is 2. The first kappa shape index (κ1) is 23.7. The zero-order valence-electron chi connectivity index (χ0n) is 18.4. The largest absolute Gasteiger partial charge is 0.350 e. The van der Waals surface area contributed by atoms with E-state index in [1.165, 1.54) is 11.0 Å². The van der Waals surface area contributed by atoms with Crippen LogP contribution in [0.3, 0.4) is 0 Å². The van der Waals surface area contributed by atoms with Gasteiger partial charge in [-0.1, -0.05) is 23.8 Å². The van der Waals surface area contributed by atoms with Crippen LogP contribution in [0.4, 0.5) is 10.5 Å². The molecule has 1 saturated heterocycles. The monoisotopic (exact) mass is 491 g/mol. The summed E-state index contributed by atoms with van der Waals surface area (Å²) < 4.78 is 27.8. The fourth-order valence-electron chi connectivity index (χ4n) is 4.24. The highest BCUT2D eigenvalue weighted by atomic mass is 32.2. The average molecular weight is 492 g/mol. The molecule has 0 spiro atoms. The van der Waals surface area contributed by atoms with E-state index < -0.39 is 28.1 Å². The smallest absolute Gasteiger partial charge is 0.323 e. The van der Waals surface area contributed by atoms with Crippen LogP contribution < -0.4 is 16.4 Å². The van der Waals surface area contributed by atoms with Crippen LogP contribution in [0.25, 0.3) is 0 Å². The van der Waals surface area contributed by atoms with E-state index in [0.717, 1.165) is 46.9 Å². The number of amides is 3. The lowest BCUT2D eigenvalue weighted by molar-refractivity contribution is -0.128. The zero-order valence-corrected chi connectivity index (χ0v) is 20.1. The lowest BCUT2D eigenvalue weighted by atomic mass is 9.92. The summed E-state index contributed by atoms with van der Waals surface area (Å²) in [6.07, 6.45) is 1.78. The second kappa shape index (κ2) is 9.80. The molecule has 1 saturated carbocycles. The predicted molar refractivity (Wildman–Crippen MR) is 127 cm³/mol. The van der Waals surface area contributed by atoms with E-state index in [2.05, 4.69) is 10.6 Å². The molecule has 2 fully saturated rings. The van der Waals surface area contributed by atoms with Crippen LogP contribution in [0, 0.1) is 6.92 Å². The summed E-state index contributed by atoms with van der Waals surface area (Å²) in [7, 11) is -3.93. The highest BCUT2D eigenvalue weighted by Crippen LogP contribution is 2.28. The standard InChI is InChI=1S/C22H29N5O4S2/c1-15-4-8-18(9-5-15)25-22(29)26-12-13-27(33(30,31)19-3-2-14-32-19)21(26)20(28)24-17-10-6-16(23)7-11-17/h2-5,8-9,14,16-17,21H,6-7,10-13,23H2,1H3,(H,24,28)(H,25,29). The molecule has 11 heteroatoms. The van der Waals surface area contributed by atoms with Crippen molar-refractivity contribution in [2.75, 3.05) is 18.4 Å². The van der Waals surface area contributed by atoms with Crippen molar-refractivity contribution in [3.8, 4) is 0 Å². The normalized spacial score (nSPS) is 23.9. The predicted octanol–water partition coefficient (Wildman–Crippen LogP) is 2.31. The van der Waals surface area contributed by atoms with Gasteiger partial charge < -0.3 is 16.4 Å². The van der Waals surface area contributed by atoms with Gasteiger partial charge in [-0.25, -0.2) is 13.2 Å². The number of aryl methyl sites for hydroxylation is 1. The van der Waals surface area contributed by atoms with Gasteiger partial charge in [0.15, 0.2) is 6.17 Å². The molecule has 4 N–H and O–H groups in total. The second-order valence-electron chi connectivity index (χ2n) is 8.53. The van der Waals surface area contributed by atoms with Crippen molar-refractivity contribution in [2.45, 2.75) is 55.1 Å². The minimum Gasteiger partial charge on any atom is -0.350 e. The van der Waals surface area contributed by atoms with Gasteiger partial charge in [0, 0.05) is 30.9 Å². The molecule has 1 atom stereocenters. The number of nitrogens with two attached hydrogens (primary N) is 1. The summed E-state index contributed by atoms with van der Waals surface area (Å²) in [5.74, 6) is -0.493. The summed E-state index contributed by atoms with van der Waals surface area (Å²) in [5.41, 5.74) is 7.59. The fraction of sp³-hybridized carbons (Fsp3) is 0.455. The van der Waals surface area contributed by atoms with E-state index in [1.807, 2.05) is 19.1 Å². The van der Waals surface area contributed by atoms with Crippen LogP contribution in [-0.2, 0) is 14.8 Å². The third-order valence-electron chi connectivity index (χ3n) is 6.10. The molecule has 2 aromatic rings. The molecule has 1 aromatic carbocycles. The minimum atomic E-state index is -3.93. The highest BCUT2D eigenvalue weighted by Gasteiger charge is 2.47. The Balaban J connectivity index is 1.57. The van der Waals surface area contributed by atoms with Crippen molar-refractivity contribution < 1.29 is 18.0 Å². The van der Waals surface area contributed by atoms with Crippen LogP contribution in [0.1, 0.15) is 31.2 Å². The van der Waals surface area contributed by atoms with Gasteiger partial charge in [0.2, 0.25) is 0 Å². The summed E-state index contributed by atoms with van der Waals surface area (Å²) in [6, 6.07) is 9.93. The van der Waals surface area contributed by atoms with E-state index in [9.17, 15) is 18.0 Å². The lowest BCUT2D eigenvalue weighted by Crippen LogP contribution is -2.56. The van der Waals surface area contributed by atoms with Crippen molar-refractivity contribution in [1.29, 1.82) is 0 Å². The molecule has 4 rings (SSSR count). The van der Waals surface area contributed by atoms with Gasteiger partial charge in [0.1, 0.15) is 4.21 Å². The first-order valence-corrected chi connectivity index (χ1v) is 13.3. The summed E-state index contributed by atoms with van der Waals surface area (Å²) in [6.45, 7) is 2.09. The molecular weight excluding hydrogens is 462 g/mol. The Kier molecular flexibility index (Phi) is 7.03. The number of hydrogen-bond donors (Lipinski definition) is 3. The first-order valence-electron chi connectivity index (χ1n) is 11.0. The van der Waals surface area contributed by atoms with Gasteiger partial charge in [-0.3, -0.25) is 9.69 Å². The molecule has 1 unspecified atom stereocenters. The van der Waals surface area contributed by atoms with Gasteiger partial charge in [-0.05, 0) is 56.2 Å². The number of thiophene rings is 1. The molecule has 0 bridgehead atoms. The van der Waals surface area contributed by atoms with Crippen molar-refractivity contribution in [3.63, 3.8) is 0 Å². The van der Waals surface area contributed by atoms with E-state index >= 15 is 0 Å². The van der Waals surface area contributed by atoms with E-state index in [-0.39, 0.29) is 29.4 Å². The topological polar surface area (TPSA) is 125 Å². The number of hydrogen-bond acceptors (Lipinski definition) is 6. The third-order valence-corrected chi connectivity index (χ3v) is 9.33. The van der Waals surface area contributed by atoms with E-state index in [4.69, 9.17) is 5.73 Å². The van der Waals surface area contributed by atoms with Gasteiger partial charge in [0.25, 0.3) is 15.9 Å². The average Bonchev–Trinajstić information content (AvgIpc) is 3.48. The Labute approximate surface area is 198 Å². The molecule has 0 radical (unpaired) electrons.